The molecule has 2 fully saturated rings. The van der Waals surface area contributed by atoms with Crippen LogP contribution in [0.4, 0.5) is 8.78 Å². The molecule has 0 amide bonds. The third-order valence-electron chi connectivity index (χ3n) is 5.37. The Balaban J connectivity index is 1.52. The Hall–Kier alpha value is -1.76. The number of allylic oxidation sites excluding steroid dienone is 1. The van der Waals surface area contributed by atoms with Gasteiger partial charge in [-0.3, -0.25) is 0 Å². The number of hydrogen-bond acceptors (Lipinski definition) is 4. The molecule has 4 atom stereocenters. The molecule has 0 spiro atoms. The van der Waals surface area contributed by atoms with Crippen molar-refractivity contribution in [2.24, 2.45) is 0 Å². The van der Waals surface area contributed by atoms with Gasteiger partial charge in [0.15, 0.2) is 17.9 Å². The highest BCUT2D eigenvalue weighted by atomic mass is 19.2. The van der Waals surface area contributed by atoms with Crippen LogP contribution in [0.2, 0.25) is 0 Å². The van der Waals surface area contributed by atoms with Crippen LogP contribution in [0.3, 0.4) is 0 Å². The van der Waals surface area contributed by atoms with Crippen LogP contribution in [0.5, 0.6) is 0 Å². The predicted molar refractivity (Wildman–Crippen MR) is 96.4 cm³/mol. The summed E-state index contributed by atoms with van der Waals surface area (Å²) in [4.78, 5) is 2.04. The van der Waals surface area contributed by atoms with Crippen LogP contribution in [-0.2, 0) is 14.2 Å². The first-order valence-corrected chi connectivity index (χ1v) is 9.62. The lowest BCUT2D eigenvalue weighted by Gasteiger charge is -2.32. The van der Waals surface area contributed by atoms with E-state index in [1.54, 1.807) is 6.07 Å². The zero-order valence-electron chi connectivity index (χ0n) is 15.3. The number of rotatable bonds is 5. The van der Waals surface area contributed by atoms with Gasteiger partial charge in [0.05, 0.1) is 6.10 Å². The highest BCUT2D eigenvalue weighted by Gasteiger charge is 2.38. The normalized spacial score (nSPS) is 29.5. The van der Waals surface area contributed by atoms with Gasteiger partial charge < -0.3 is 19.1 Å². The van der Waals surface area contributed by atoms with Crippen molar-refractivity contribution < 1.29 is 23.0 Å². The van der Waals surface area contributed by atoms with Gasteiger partial charge in [-0.25, -0.2) is 8.78 Å². The average Bonchev–Trinajstić information content (AvgIpc) is 3.32. The van der Waals surface area contributed by atoms with E-state index in [0.717, 1.165) is 50.3 Å². The summed E-state index contributed by atoms with van der Waals surface area (Å²) in [5, 5.41) is 0. The van der Waals surface area contributed by atoms with Gasteiger partial charge >= 0.3 is 0 Å². The molecular weight excluding hydrogens is 352 g/mol. The van der Waals surface area contributed by atoms with Crippen molar-refractivity contribution in [3.05, 3.63) is 59.9 Å². The molecule has 0 bridgehead atoms. The fourth-order valence-electron chi connectivity index (χ4n) is 3.94. The van der Waals surface area contributed by atoms with Crippen LogP contribution >= 0.6 is 0 Å². The second-order valence-electron chi connectivity index (χ2n) is 7.30. The van der Waals surface area contributed by atoms with Crippen molar-refractivity contribution >= 4 is 0 Å². The molecule has 0 saturated carbocycles. The summed E-state index contributed by atoms with van der Waals surface area (Å²) < 4.78 is 45.4. The molecule has 4 rings (SSSR count). The Morgan fingerprint density at radius 1 is 1.15 bits per heavy atom. The van der Waals surface area contributed by atoms with Crippen molar-refractivity contribution in [3.8, 4) is 0 Å². The zero-order valence-corrected chi connectivity index (χ0v) is 15.3. The third-order valence-corrected chi connectivity index (χ3v) is 5.37. The largest absolute Gasteiger partial charge is 0.353 e. The van der Waals surface area contributed by atoms with Gasteiger partial charge in [0, 0.05) is 24.9 Å². The van der Waals surface area contributed by atoms with Gasteiger partial charge in [0.25, 0.3) is 0 Å². The van der Waals surface area contributed by atoms with E-state index in [2.05, 4.69) is 12.7 Å². The van der Waals surface area contributed by atoms with E-state index in [1.807, 2.05) is 11.1 Å². The van der Waals surface area contributed by atoms with Crippen LogP contribution in [0.25, 0.3) is 0 Å². The van der Waals surface area contributed by atoms with E-state index in [0.29, 0.717) is 12.2 Å². The quantitative estimate of drug-likeness (QED) is 0.738. The lowest BCUT2D eigenvalue weighted by atomic mass is 10.0. The molecular formula is C21H25F2NO3. The summed E-state index contributed by atoms with van der Waals surface area (Å²) in [6, 6.07) is 3.91. The van der Waals surface area contributed by atoms with Gasteiger partial charge in [0.2, 0.25) is 0 Å². The molecule has 1 aromatic rings. The van der Waals surface area contributed by atoms with Crippen LogP contribution < -0.4 is 0 Å². The molecule has 0 radical (unpaired) electrons. The van der Waals surface area contributed by atoms with Gasteiger partial charge in [-0.05, 0) is 49.8 Å². The fraction of sp³-hybridized carbons (Fsp3) is 0.524. The summed E-state index contributed by atoms with van der Waals surface area (Å²) >= 11 is 0. The number of benzene rings is 1. The van der Waals surface area contributed by atoms with Gasteiger partial charge in [-0.2, -0.15) is 0 Å². The maximum absolute atomic E-state index is 13.8. The highest BCUT2D eigenvalue weighted by Crippen LogP contribution is 2.38. The summed E-state index contributed by atoms with van der Waals surface area (Å²) in [5.41, 5.74) is 1.58. The SMILES string of the molecule is C=C1CC=CN1C1CCC(C(OC2CCCCO2)c2ccc(F)c(F)c2)O1. The molecule has 0 aliphatic carbocycles. The van der Waals surface area contributed by atoms with E-state index < -0.39 is 17.7 Å². The van der Waals surface area contributed by atoms with E-state index in [1.165, 1.54) is 6.07 Å². The van der Waals surface area contributed by atoms with E-state index >= 15 is 0 Å². The third kappa shape index (κ3) is 4.08. The Morgan fingerprint density at radius 3 is 2.74 bits per heavy atom. The molecule has 4 nitrogen and oxygen atoms in total. The molecule has 27 heavy (non-hydrogen) atoms. The lowest BCUT2D eigenvalue weighted by molar-refractivity contribution is -0.216. The first-order chi connectivity index (χ1) is 13.1. The highest BCUT2D eigenvalue weighted by molar-refractivity contribution is 5.22. The zero-order chi connectivity index (χ0) is 18.8. The molecule has 1 aromatic carbocycles. The topological polar surface area (TPSA) is 30.9 Å². The minimum absolute atomic E-state index is 0.107. The van der Waals surface area contributed by atoms with Gasteiger partial charge in [-0.15, -0.1) is 0 Å². The molecule has 0 aromatic heterocycles. The summed E-state index contributed by atoms with van der Waals surface area (Å²) in [5.74, 6) is -1.74. The minimum atomic E-state index is -0.879. The molecule has 3 heterocycles. The molecule has 0 N–H and O–H groups in total. The first kappa shape index (κ1) is 18.6. The maximum Gasteiger partial charge on any atom is 0.159 e. The molecule has 3 aliphatic heterocycles. The van der Waals surface area contributed by atoms with E-state index in [4.69, 9.17) is 14.2 Å². The Bertz CT molecular complexity index is 717. The average molecular weight is 377 g/mol. The molecule has 146 valence electrons. The first-order valence-electron chi connectivity index (χ1n) is 9.62. The number of nitrogens with zero attached hydrogens (tertiary/aromatic N) is 1. The van der Waals surface area contributed by atoms with Crippen LogP contribution in [-0.4, -0.2) is 30.1 Å². The van der Waals surface area contributed by atoms with E-state index in [-0.39, 0.29) is 18.6 Å². The molecule has 2 saturated heterocycles. The second kappa shape index (κ2) is 8.09. The Kier molecular flexibility index (Phi) is 5.57. The predicted octanol–water partition coefficient (Wildman–Crippen LogP) is 4.79. The second-order valence-corrected chi connectivity index (χ2v) is 7.30. The number of ether oxygens (including phenoxy) is 3. The summed E-state index contributed by atoms with van der Waals surface area (Å²) in [6.07, 6.45) is 8.08. The van der Waals surface area contributed by atoms with Crippen molar-refractivity contribution in [3.63, 3.8) is 0 Å². The maximum atomic E-state index is 13.8. The van der Waals surface area contributed by atoms with Gasteiger partial charge in [0.1, 0.15) is 12.3 Å². The fourth-order valence-corrected chi connectivity index (χ4v) is 3.94. The standard InChI is InChI=1S/C21H25F2NO3/c1-14-5-4-11-24(14)19-10-9-18(26-19)21(27-20-6-2-3-12-25-20)15-7-8-16(22)17(23)13-15/h4,7-8,11,13,18-21H,1-3,5-6,9-10,12H2. The smallest absolute Gasteiger partial charge is 0.159 e. The summed E-state index contributed by atoms with van der Waals surface area (Å²) in [6.45, 7) is 4.72. The Labute approximate surface area is 158 Å². The van der Waals surface area contributed by atoms with E-state index in [9.17, 15) is 8.78 Å². The van der Waals surface area contributed by atoms with Crippen molar-refractivity contribution in [1.82, 2.24) is 4.90 Å². The molecule has 4 unspecified atom stereocenters. The lowest BCUT2D eigenvalue weighted by Crippen LogP contribution is -2.33. The monoisotopic (exact) mass is 377 g/mol. The van der Waals surface area contributed by atoms with Gasteiger partial charge in [-0.1, -0.05) is 18.7 Å². The number of hydrogen-bond donors (Lipinski definition) is 0. The van der Waals surface area contributed by atoms with Crippen molar-refractivity contribution in [1.29, 1.82) is 0 Å². The van der Waals surface area contributed by atoms with Crippen LogP contribution in [0.1, 0.15) is 50.2 Å². The Morgan fingerprint density at radius 2 is 2.04 bits per heavy atom. The van der Waals surface area contributed by atoms with Crippen LogP contribution in [0.15, 0.2) is 42.8 Å². The van der Waals surface area contributed by atoms with Crippen molar-refractivity contribution in [2.75, 3.05) is 6.61 Å². The molecule has 3 aliphatic rings. The minimum Gasteiger partial charge on any atom is -0.353 e. The van der Waals surface area contributed by atoms with Crippen molar-refractivity contribution in [2.45, 2.75) is 63.3 Å². The number of halogens is 2. The summed E-state index contributed by atoms with van der Waals surface area (Å²) in [7, 11) is 0. The van der Waals surface area contributed by atoms with Crippen LogP contribution in [0, 0.1) is 11.6 Å². The molecule has 6 heteroatoms.